The maximum Gasteiger partial charge on any atom is 0.472 e. The first-order chi connectivity index (χ1) is 41.8. The largest absolute Gasteiger partial charge is 0.664 e. The van der Waals surface area contributed by atoms with Crippen molar-refractivity contribution in [3.05, 3.63) is 69.2 Å². The van der Waals surface area contributed by atoms with Crippen molar-refractivity contribution in [3.63, 3.8) is 0 Å². The van der Waals surface area contributed by atoms with Gasteiger partial charge in [-0.25, -0.2) is 9.55 Å². The number of aromatic nitrogens is 2. The number of carbonyl (C=O) groups is 7. The summed E-state index contributed by atoms with van der Waals surface area (Å²) in [5, 5.41) is 30.0. The molecule has 6 aliphatic heterocycles. The van der Waals surface area contributed by atoms with Gasteiger partial charge in [-0.05, 0) is 113 Å². The third-order valence-corrected chi connectivity index (χ3v) is 21.6. The number of phosphoric ester groups is 1. The summed E-state index contributed by atoms with van der Waals surface area (Å²) >= 11 is 0. The van der Waals surface area contributed by atoms with E-state index in [2.05, 4.69) is 10.3 Å². The number of fused-ring (bicyclic) bond motifs is 7. The van der Waals surface area contributed by atoms with Gasteiger partial charge < -0.3 is 69.4 Å². The van der Waals surface area contributed by atoms with Crippen LogP contribution >= 0.6 is 7.82 Å². The number of ether oxygens (including phenoxy) is 1. The van der Waals surface area contributed by atoms with E-state index in [1.807, 2.05) is 80.5 Å². The molecule has 1 radical (unpaired) electrons. The van der Waals surface area contributed by atoms with Gasteiger partial charge >= 0.3 is 7.82 Å². The van der Waals surface area contributed by atoms with Crippen LogP contribution in [-0.4, -0.2) is 132 Å². The Morgan fingerprint density at radius 3 is 1.98 bits per heavy atom. The van der Waals surface area contributed by atoms with E-state index in [0.29, 0.717) is 56.4 Å². The number of primary amides is 6. The van der Waals surface area contributed by atoms with Crippen LogP contribution < -0.4 is 39.7 Å². The molecule has 29 heteroatoms. The van der Waals surface area contributed by atoms with Gasteiger partial charge in [0, 0.05) is 122 Å². The minimum absolute atomic E-state index is 0. The second-order valence-corrected chi connectivity index (χ2v) is 28.4. The van der Waals surface area contributed by atoms with Gasteiger partial charge in [-0.2, -0.15) is 11.4 Å². The van der Waals surface area contributed by atoms with Crippen LogP contribution in [0.2, 0.25) is 0 Å². The normalized spacial score (nSPS) is 33.8. The maximum atomic E-state index is 14.4. The summed E-state index contributed by atoms with van der Waals surface area (Å²) in [6, 6.07) is 2.68. The summed E-state index contributed by atoms with van der Waals surface area (Å²) in [7, 11) is -5.07. The summed E-state index contributed by atoms with van der Waals surface area (Å²) in [5.74, 6) is -7.34. The third kappa shape index (κ3) is 13.8. The minimum Gasteiger partial charge on any atom is -0.664 e. The molecule has 2 fully saturated rings. The number of hydrogen-bond donors (Lipinski definition) is 10. The molecule has 91 heavy (non-hydrogen) atoms. The zero-order chi connectivity index (χ0) is 66.7. The van der Waals surface area contributed by atoms with Crippen LogP contribution in [0.25, 0.3) is 16.4 Å². The fraction of sp³-hybridized carbons (Fsp3) is 0.629. The molecule has 2 saturated heterocycles. The quantitative estimate of drug-likeness (QED) is 0.0471. The smallest absolute Gasteiger partial charge is 0.472 e. The number of hydrogen-bond acceptors (Lipinski definition) is 17. The average Bonchev–Trinajstić information content (AvgIpc) is 1.54. The fourth-order valence-corrected chi connectivity index (χ4v) is 16.5. The molecule has 0 aliphatic carbocycles. The van der Waals surface area contributed by atoms with Crippen molar-refractivity contribution in [1.29, 1.82) is 0 Å². The van der Waals surface area contributed by atoms with Crippen LogP contribution in [0.15, 0.2) is 67.8 Å². The third-order valence-electron chi connectivity index (χ3n) is 20.5. The summed E-state index contributed by atoms with van der Waals surface area (Å²) in [4.78, 5) is 126. The number of aryl methyl sites for hydroxylation is 2. The van der Waals surface area contributed by atoms with Crippen LogP contribution in [0.5, 0.6) is 0 Å². The van der Waals surface area contributed by atoms with E-state index in [1.54, 1.807) is 11.5 Å². The van der Waals surface area contributed by atoms with Gasteiger partial charge in [0.2, 0.25) is 41.4 Å². The van der Waals surface area contributed by atoms with Crippen LogP contribution in [0.1, 0.15) is 150 Å². The first kappa shape index (κ1) is 72.1. The van der Waals surface area contributed by atoms with Crippen LogP contribution in [0.4, 0.5) is 0 Å². The number of allylic oxidation sites excluding steroid dienone is 6. The molecule has 27 nitrogen and oxygen atoms in total. The van der Waals surface area contributed by atoms with Gasteiger partial charge in [0.25, 0.3) is 0 Å². The van der Waals surface area contributed by atoms with Crippen LogP contribution in [0.3, 0.4) is 0 Å². The molecule has 0 spiro atoms. The number of aliphatic hydroxyl groups excluding tert-OH is 2. The molecule has 1 aromatic heterocycles. The van der Waals surface area contributed by atoms with Gasteiger partial charge in [0.15, 0.2) is 6.23 Å². The molecule has 8 rings (SSSR count). The SMILES string of the molecule is C/C1=C2/[N-]/C(=C\C3=NC(=C(/C)C4=N[C@@](C)([C@@H]5N=C1[C@](C)(CCC(=O)NC[C@@H](C)OP(=O)(O)O[C@H]1[C@@H](O)[C@@H](n6cnc7cc(C)c(C)cc76)O[C@@H]1CO)[C@H]5CC(N)=O)[C@@](C)(CC(N)=O)[C@@H]4CCC(N)=O)/[C@@](C)(CC(N)=O)[C@@H]3CCC(N)=O)C(C)(C)[C@@H]2CCC(N)=O.[Rh]. The number of imidazole rings is 1. The Kier molecular flexibility index (Phi) is 21.3. The zero-order valence-electron chi connectivity index (χ0n) is 53.5. The van der Waals surface area contributed by atoms with Crippen molar-refractivity contribution < 1.29 is 86.5 Å². The topological polar surface area (TPSA) is 462 Å². The van der Waals surface area contributed by atoms with E-state index in [0.717, 1.165) is 11.1 Å². The Hall–Kier alpha value is -6.38. The van der Waals surface area contributed by atoms with Crippen molar-refractivity contribution >= 4 is 77.3 Å². The van der Waals surface area contributed by atoms with Gasteiger partial charge in [-0.1, -0.05) is 40.7 Å². The van der Waals surface area contributed by atoms with Crippen molar-refractivity contribution in [2.24, 2.45) is 94.7 Å². The average molecular weight is 1370 g/mol. The number of nitrogens with two attached hydrogens (primary N) is 6. The molecular formula is C62H89N13O14PRh-. The molecule has 1 aromatic carbocycles. The van der Waals surface area contributed by atoms with Gasteiger partial charge in [0.05, 0.1) is 47.3 Å². The van der Waals surface area contributed by atoms with E-state index in [4.69, 9.17) is 68.5 Å². The minimum atomic E-state index is -5.07. The first-order valence-electron chi connectivity index (χ1n) is 30.5. The maximum absolute atomic E-state index is 14.4. The number of phosphoric acid groups is 1. The van der Waals surface area contributed by atoms with E-state index >= 15 is 0 Å². The summed E-state index contributed by atoms with van der Waals surface area (Å²) in [5.41, 5.74) is 36.8. The molecule has 7 amide bonds. The molecule has 1 unspecified atom stereocenters. The number of carbonyl (C=O) groups excluding carboxylic acids is 7. The summed E-state index contributed by atoms with van der Waals surface area (Å²) < 4.78 is 32.3. The summed E-state index contributed by atoms with van der Waals surface area (Å²) in [6.07, 6.45) is -4.47. The van der Waals surface area contributed by atoms with E-state index in [9.17, 15) is 53.2 Å². The first-order valence-corrected chi connectivity index (χ1v) is 32.0. The number of amides is 7. The monoisotopic (exact) mass is 1370 g/mol. The predicted molar refractivity (Wildman–Crippen MR) is 334 cm³/mol. The number of rotatable bonds is 26. The molecule has 15 atom stereocenters. The number of nitrogens with zero attached hydrogens (tertiary/aromatic N) is 6. The second kappa shape index (κ2) is 26.9. The fourth-order valence-electron chi connectivity index (χ4n) is 15.3. The van der Waals surface area contributed by atoms with Gasteiger partial charge in [-0.15, -0.1) is 0 Å². The standard InChI is InChI=1S/C62H90N13O14P.Rh/c1-29-20-39-40(21-30(29)2)75(28-70-39)57-52(84)53(41(27-76)87-57)89-90(85,86)88-31(3)26-69-49(83)18-19-59(8)37(22-46(66)80)56-62(11)61(10,25-48(68)82)36(14-17-45(65)79)51(74-62)33(5)55-60(9,24-47(67)81)34(12-15-43(63)77)38(71-55)23-42-58(6,7)35(13-16-44(64)78)50(72-42)32(4)54(59)73-56;/h20-21,23,28,31,34-37,41,52-53,56-57,76,84H,12-19,22,24-27H2,1-11H3,(H15,63,64,65,66,67,68,69,71,72,73,74,77,78,79,80,81,82,83,85,86);/p-1/t31-,34-,35-,36-,37+,41-,52-,53-,56-,57+,59-,60+,61+,62+;/m1./s1. The number of benzene rings is 1. The van der Waals surface area contributed by atoms with Crippen LogP contribution in [-0.2, 0) is 71.4 Å². The Balaban J connectivity index is 0.0000118. The Morgan fingerprint density at radius 2 is 1.40 bits per heavy atom. The van der Waals surface area contributed by atoms with Crippen molar-refractivity contribution in [1.82, 2.24) is 14.9 Å². The molecule has 501 valence electrons. The zero-order valence-corrected chi connectivity index (χ0v) is 56.1. The molecule has 6 aliphatic rings. The molecular weight excluding hydrogens is 1280 g/mol. The molecule has 16 N–H and O–H groups in total. The van der Waals surface area contributed by atoms with E-state index < -0.39 is 143 Å². The van der Waals surface area contributed by atoms with Crippen molar-refractivity contribution in [3.8, 4) is 0 Å². The Labute approximate surface area is 542 Å². The van der Waals surface area contributed by atoms with E-state index in [-0.39, 0.29) is 96.7 Å². The second-order valence-electron chi connectivity index (χ2n) is 27.0. The van der Waals surface area contributed by atoms with E-state index in [1.165, 1.54) is 13.3 Å². The summed E-state index contributed by atoms with van der Waals surface area (Å²) in [6.45, 7) is 19.1. The number of aliphatic hydroxyl groups is 2. The number of nitrogens with one attached hydrogen (secondary N) is 1. The molecule has 2 aromatic rings. The van der Waals surface area contributed by atoms with Crippen molar-refractivity contribution in [2.75, 3.05) is 13.2 Å². The predicted octanol–water partition coefficient (Wildman–Crippen LogP) is 3.94. The van der Waals surface area contributed by atoms with Crippen LogP contribution in [0, 0.1) is 59.2 Å². The Bertz CT molecular complexity index is 3540. The van der Waals surface area contributed by atoms with Gasteiger partial charge in [-0.3, -0.25) is 57.6 Å². The molecule has 0 saturated carbocycles. The molecule has 7 heterocycles. The Morgan fingerprint density at radius 1 is 0.802 bits per heavy atom. The van der Waals surface area contributed by atoms with Gasteiger partial charge in [0.1, 0.15) is 18.3 Å². The number of aliphatic imine (C=N–C) groups is 3. The van der Waals surface area contributed by atoms with Crippen molar-refractivity contribution in [2.45, 2.75) is 189 Å². The molecule has 8 bridgehead atoms.